The van der Waals surface area contributed by atoms with E-state index < -0.39 is 15.6 Å². The van der Waals surface area contributed by atoms with Gasteiger partial charge in [-0.15, -0.1) is 0 Å². The number of hydrogen-bond donors (Lipinski definition) is 1. The fourth-order valence-corrected chi connectivity index (χ4v) is 3.31. The fraction of sp³-hybridized carbons (Fsp3) is 0.250. The molecule has 0 aliphatic rings. The number of carbonyl (C=O) groups excluding carboxylic acids is 1. The zero-order chi connectivity index (χ0) is 19.4. The Balaban J connectivity index is 2.07. The highest BCUT2D eigenvalue weighted by Gasteiger charge is 2.21. The Bertz CT molecular complexity index is 884. The van der Waals surface area contributed by atoms with Crippen LogP contribution in [-0.4, -0.2) is 32.7 Å². The van der Waals surface area contributed by atoms with Gasteiger partial charge in [0.25, 0.3) is 0 Å². The van der Waals surface area contributed by atoms with E-state index in [9.17, 15) is 13.2 Å². The van der Waals surface area contributed by atoms with Crippen molar-refractivity contribution in [3.63, 3.8) is 0 Å². The molecule has 0 saturated heterocycles. The second-order valence-electron chi connectivity index (χ2n) is 6.67. The van der Waals surface area contributed by atoms with Crippen LogP contribution in [0.3, 0.4) is 0 Å². The van der Waals surface area contributed by atoms with Crippen LogP contribution >= 0.6 is 0 Å². The minimum atomic E-state index is -3.45. The lowest BCUT2D eigenvalue weighted by molar-refractivity contribution is -0.118. The first kappa shape index (κ1) is 19.9. The molecule has 5 nitrogen and oxygen atoms in total. The largest absolute Gasteiger partial charge is 0.344 e. The number of rotatable bonds is 6. The van der Waals surface area contributed by atoms with Crippen LogP contribution in [0.4, 0.5) is 0 Å². The Morgan fingerprint density at radius 2 is 1.58 bits per heavy atom. The van der Waals surface area contributed by atoms with Gasteiger partial charge in [-0.05, 0) is 43.2 Å². The van der Waals surface area contributed by atoms with Gasteiger partial charge in [-0.25, -0.2) is 12.7 Å². The van der Waals surface area contributed by atoms with E-state index in [0.29, 0.717) is 0 Å². The summed E-state index contributed by atoms with van der Waals surface area (Å²) < 4.78 is 25.3. The topological polar surface area (TPSA) is 66.5 Å². The number of sulfonamides is 1. The molecular weight excluding hydrogens is 348 g/mol. The summed E-state index contributed by atoms with van der Waals surface area (Å²) in [5, 5.41) is 2.97. The second kappa shape index (κ2) is 7.85. The lowest BCUT2D eigenvalue weighted by atomic mass is 9.94. The van der Waals surface area contributed by atoms with Crippen molar-refractivity contribution in [2.24, 2.45) is 0 Å². The lowest BCUT2D eigenvalue weighted by Crippen LogP contribution is -2.40. The highest BCUT2D eigenvalue weighted by Crippen LogP contribution is 2.19. The molecule has 2 rings (SSSR count). The molecule has 2 aromatic rings. The molecule has 0 unspecified atom stereocenters. The Kier molecular flexibility index (Phi) is 6.00. The molecular formula is C20H24N2O3S. The van der Waals surface area contributed by atoms with Crippen LogP contribution < -0.4 is 5.32 Å². The summed E-state index contributed by atoms with van der Waals surface area (Å²) in [6.45, 7) is 3.88. The molecule has 0 aliphatic heterocycles. The lowest BCUT2D eigenvalue weighted by Gasteiger charge is -2.26. The van der Waals surface area contributed by atoms with Crippen LogP contribution in [0.1, 0.15) is 25.0 Å². The third kappa shape index (κ3) is 4.80. The van der Waals surface area contributed by atoms with Crippen LogP contribution in [0.5, 0.6) is 0 Å². The van der Waals surface area contributed by atoms with Crippen molar-refractivity contribution in [2.75, 3.05) is 14.1 Å². The molecule has 0 bridgehead atoms. The molecule has 0 spiro atoms. The van der Waals surface area contributed by atoms with E-state index in [1.165, 1.54) is 32.3 Å². The molecule has 1 N–H and O–H groups in total. The van der Waals surface area contributed by atoms with Gasteiger partial charge in [-0.2, -0.15) is 0 Å². The molecule has 0 radical (unpaired) electrons. The van der Waals surface area contributed by atoms with Gasteiger partial charge in [0.2, 0.25) is 15.9 Å². The molecule has 0 atom stereocenters. The molecule has 6 heteroatoms. The molecule has 0 heterocycles. The Morgan fingerprint density at radius 1 is 1.00 bits per heavy atom. The predicted molar refractivity (Wildman–Crippen MR) is 104 cm³/mol. The number of nitrogens with zero attached hydrogens (tertiary/aromatic N) is 1. The second-order valence-corrected chi connectivity index (χ2v) is 8.82. The van der Waals surface area contributed by atoms with Gasteiger partial charge in [0.05, 0.1) is 10.4 Å². The molecule has 0 saturated carbocycles. The Morgan fingerprint density at radius 3 is 2.12 bits per heavy atom. The number of carbonyl (C=O) groups is 1. The maximum Gasteiger partial charge on any atom is 0.244 e. The molecule has 2 aromatic carbocycles. The van der Waals surface area contributed by atoms with Crippen molar-refractivity contribution < 1.29 is 13.2 Å². The average Bonchev–Trinajstić information content (AvgIpc) is 2.60. The van der Waals surface area contributed by atoms with Crippen LogP contribution in [-0.2, 0) is 20.4 Å². The maximum absolute atomic E-state index is 12.2. The van der Waals surface area contributed by atoms with Crippen molar-refractivity contribution in [1.82, 2.24) is 9.62 Å². The van der Waals surface area contributed by atoms with Gasteiger partial charge in [0.1, 0.15) is 0 Å². The Labute approximate surface area is 155 Å². The highest BCUT2D eigenvalue weighted by molar-refractivity contribution is 7.89. The minimum absolute atomic E-state index is 0.217. The summed E-state index contributed by atoms with van der Waals surface area (Å²) in [6.07, 6.45) is 3.10. The minimum Gasteiger partial charge on any atom is -0.344 e. The molecule has 0 aliphatic carbocycles. The van der Waals surface area contributed by atoms with E-state index in [1.54, 1.807) is 18.2 Å². The van der Waals surface area contributed by atoms with E-state index in [2.05, 4.69) is 5.32 Å². The van der Waals surface area contributed by atoms with Crippen molar-refractivity contribution in [3.05, 3.63) is 71.8 Å². The number of nitrogens with one attached hydrogen (secondary N) is 1. The van der Waals surface area contributed by atoms with E-state index in [-0.39, 0.29) is 10.8 Å². The fourth-order valence-electron chi connectivity index (χ4n) is 2.41. The maximum atomic E-state index is 12.2. The zero-order valence-electron chi connectivity index (χ0n) is 15.4. The van der Waals surface area contributed by atoms with Crippen LogP contribution in [0.2, 0.25) is 0 Å². The van der Waals surface area contributed by atoms with E-state index in [4.69, 9.17) is 0 Å². The van der Waals surface area contributed by atoms with Gasteiger partial charge in [-0.3, -0.25) is 4.79 Å². The first-order valence-corrected chi connectivity index (χ1v) is 9.65. The summed E-state index contributed by atoms with van der Waals surface area (Å²) in [6, 6.07) is 16.1. The quantitative estimate of drug-likeness (QED) is 0.793. The van der Waals surface area contributed by atoms with Gasteiger partial charge < -0.3 is 5.32 Å². The van der Waals surface area contributed by atoms with Crippen molar-refractivity contribution in [3.8, 4) is 0 Å². The monoisotopic (exact) mass is 372 g/mol. The summed E-state index contributed by atoms with van der Waals surface area (Å²) in [4.78, 5) is 12.4. The van der Waals surface area contributed by atoms with Gasteiger partial charge >= 0.3 is 0 Å². The molecule has 26 heavy (non-hydrogen) atoms. The van der Waals surface area contributed by atoms with Crippen molar-refractivity contribution >= 4 is 22.0 Å². The summed E-state index contributed by atoms with van der Waals surface area (Å²) in [5.41, 5.74) is 1.27. The Hall–Kier alpha value is -2.44. The molecule has 0 aromatic heterocycles. The van der Waals surface area contributed by atoms with E-state index in [0.717, 1.165) is 15.4 Å². The molecule has 138 valence electrons. The highest BCUT2D eigenvalue weighted by atomic mass is 32.2. The summed E-state index contributed by atoms with van der Waals surface area (Å²) >= 11 is 0. The third-order valence-electron chi connectivity index (χ3n) is 4.02. The van der Waals surface area contributed by atoms with E-state index >= 15 is 0 Å². The van der Waals surface area contributed by atoms with Crippen molar-refractivity contribution in [2.45, 2.75) is 24.3 Å². The normalized spacial score (nSPS) is 12.5. The number of hydrogen-bond acceptors (Lipinski definition) is 3. The van der Waals surface area contributed by atoms with Crippen LogP contribution in [0.25, 0.3) is 6.08 Å². The van der Waals surface area contributed by atoms with Gasteiger partial charge in [-0.1, -0.05) is 42.5 Å². The smallest absolute Gasteiger partial charge is 0.244 e. The van der Waals surface area contributed by atoms with Crippen LogP contribution in [0.15, 0.2) is 65.6 Å². The third-order valence-corrected chi connectivity index (χ3v) is 5.85. The molecule has 1 amide bonds. The first-order valence-electron chi connectivity index (χ1n) is 8.21. The SMILES string of the molecule is CN(C)S(=O)(=O)c1ccc(/C=C/C(=O)NC(C)(C)c2ccccc2)cc1. The average molecular weight is 372 g/mol. The standard InChI is InChI=1S/C20H24N2O3S/c1-20(2,17-8-6-5-7-9-17)21-19(23)15-12-16-10-13-18(14-11-16)26(24,25)22(3)4/h5-15H,1-4H3,(H,21,23)/b15-12+. The number of amides is 1. The predicted octanol–water partition coefficient (Wildman–Crippen LogP) is 3.00. The van der Waals surface area contributed by atoms with Gasteiger partial charge in [0.15, 0.2) is 0 Å². The van der Waals surface area contributed by atoms with Crippen molar-refractivity contribution in [1.29, 1.82) is 0 Å². The summed E-state index contributed by atoms with van der Waals surface area (Å²) in [5.74, 6) is -0.219. The number of benzene rings is 2. The van der Waals surface area contributed by atoms with Crippen LogP contribution in [0, 0.1) is 0 Å². The first-order chi connectivity index (χ1) is 12.1. The van der Waals surface area contributed by atoms with E-state index in [1.807, 2.05) is 44.2 Å². The molecule has 0 fully saturated rings. The summed E-state index contributed by atoms with van der Waals surface area (Å²) in [7, 11) is -0.474. The zero-order valence-corrected chi connectivity index (χ0v) is 16.2. The van der Waals surface area contributed by atoms with Gasteiger partial charge in [0, 0.05) is 20.2 Å².